The number of hydrogen-bond acceptors (Lipinski definition) is 5. The van der Waals surface area contributed by atoms with Crippen LogP contribution in [0, 0.1) is 0 Å². The molecule has 1 aliphatic rings. The smallest absolute Gasteiger partial charge is 0.306 e. The number of thiazole rings is 1. The molecule has 1 aromatic heterocycles. The SMILES string of the molecule is O=C(CCc1nc2ccccc2s1)OCC(=O)N1CCc2ccccc21. The molecule has 0 radical (unpaired) electrons. The Morgan fingerprint density at radius 3 is 2.81 bits per heavy atom. The standard InChI is InChI=1S/C20H18N2O3S/c23-19(22-12-11-14-5-1-3-7-16(14)22)13-25-20(24)10-9-18-21-15-6-2-4-8-17(15)26-18/h1-8H,9-13H2. The Balaban J connectivity index is 1.28. The molecule has 0 saturated carbocycles. The Kier molecular flexibility index (Phi) is 4.67. The molecule has 0 aliphatic carbocycles. The molecule has 0 N–H and O–H groups in total. The quantitative estimate of drug-likeness (QED) is 0.650. The van der Waals surface area contributed by atoms with Crippen molar-refractivity contribution in [3.63, 3.8) is 0 Å². The van der Waals surface area contributed by atoms with Crippen molar-refractivity contribution in [1.29, 1.82) is 0 Å². The topological polar surface area (TPSA) is 59.5 Å². The number of nitrogens with zero attached hydrogens (tertiary/aromatic N) is 2. The van der Waals surface area contributed by atoms with Gasteiger partial charge in [-0.05, 0) is 30.2 Å². The molecule has 1 amide bonds. The van der Waals surface area contributed by atoms with Crippen LogP contribution in [0.2, 0.25) is 0 Å². The fourth-order valence-corrected chi connectivity index (χ4v) is 4.09. The lowest BCUT2D eigenvalue weighted by molar-refractivity contribution is -0.147. The second kappa shape index (κ2) is 7.25. The molecule has 132 valence electrons. The minimum Gasteiger partial charge on any atom is -0.456 e. The van der Waals surface area contributed by atoms with E-state index in [1.54, 1.807) is 16.2 Å². The van der Waals surface area contributed by atoms with Crippen LogP contribution in [0.4, 0.5) is 5.69 Å². The van der Waals surface area contributed by atoms with Gasteiger partial charge in [-0.3, -0.25) is 9.59 Å². The summed E-state index contributed by atoms with van der Waals surface area (Å²) >= 11 is 1.58. The van der Waals surface area contributed by atoms with Crippen LogP contribution in [-0.4, -0.2) is 30.0 Å². The third-order valence-corrected chi connectivity index (χ3v) is 5.52. The van der Waals surface area contributed by atoms with E-state index in [2.05, 4.69) is 4.98 Å². The Labute approximate surface area is 155 Å². The van der Waals surface area contributed by atoms with Gasteiger partial charge in [0, 0.05) is 18.7 Å². The van der Waals surface area contributed by atoms with Crippen LogP contribution in [-0.2, 0) is 27.2 Å². The molecule has 1 aliphatic heterocycles. The number of rotatable bonds is 5. The first-order valence-corrected chi connectivity index (χ1v) is 9.41. The van der Waals surface area contributed by atoms with Crippen molar-refractivity contribution >= 4 is 39.1 Å². The molecule has 0 bridgehead atoms. The van der Waals surface area contributed by atoms with Gasteiger partial charge in [0.15, 0.2) is 6.61 Å². The molecule has 6 heteroatoms. The van der Waals surface area contributed by atoms with Gasteiger partial charge in [0.05, 0.1) is 21.6 Å². The summed E-state index contributed by atoms with van der Waals surface area (Å²) in [5, 5.41) is 0.906. The molecule has 26 heavy (non-hydrogen) atoms. The average molecular weight is 366 g/mol. The van der Waals surface area contributed by atoms with Crippen LogP contribution in [0.15, 0.2) is 48.5 Å². The van der Waals surface area contributed by atoms with Crippen molar-refractivity contribution in [3.8, 4) is 0 Å². The first-order valence-electron chi connectivity index (χ1n) is 8.59. The molecule has 0 fully saturated rings. The number of esters is 1. The monoisotopic (exact) mass is 366 g/mol. The van der Waals surface area contributed by atoms with Crippen LogP contribution >= 0.6 is 11.3 Å². The van der Waals surface area contributed by atoms with E-state index < -0.39 is 0 Å². The van der Waals surface area contributed by atoms with Gasteiger partial charge in [-0.15, -0.1) is 11.3 Å². The van der Waals surface area contributed by atoms with Gasteiger partial charge in [-0.25, -0.2) is 4.98 Å². The lowest BCUT2D eigenvalue weighted by atomic mass is 10.2. The van der Waals surface area contributed by atoms with Crippen LogP contribution < -0.4 is 4.90 Å². The van der Waals surface area contributed by atoms with Gasteiger partial charge in [0.25, 0.3) is 5.91 Å². The highest BCUT2D eigenvalue weighted by molar-refractivity contribution is 7.18. The van der Waals surface area contributed by atoms with E-state index in [1.165, 1.54) is 0 Å². The van der Waals surface area contributed by atoms with E-state index in [-0.39, 0.29) is 24.9 Å². The van der Waals surface area contributed by atoms with Gasteiger partial charge in [-0.1, -0.05) is 30.3 Å². The van der Waals surface area contributed by atoms with E-state index in [4.69, 9.17) is 4.74 Å². The molecule has 0 saturated heterocycles. The lowest BCUT2D eigenvalue weighted by Gasteiger charge is -2.17. The number of carbonyl (C=O) groups excluding carboxylic acids is 2. The number of carbonyl (C=O) groups is 2. The van der Waals surface area contributed by atoms with Crippen LogP contribution in [0.1, 0.15) is 17.0 Å². The predicted molar refractivity (Wildman–Crippen MR) is 101 cm³/mol. The normalized spacial score (nSPS) is 13.0. The zero-order valence-corrected chi connectivity index (χ0v) is 15.0. The zero-order valence-electron chi connectivity index (χ0n) is 14.2. The largest absolute Gasteiger partial charge is 0.456 e. The molecule has 0 atom stereocenters. The van der Waals surface area contributed by atoms with Crippen LogP contribution in [0.25, 0.3) is 10.2 Å². The summed E-state index contributed by atoms with van der Waals surface area (Å²) in [4.78, 5) is 30.5. The van der Waals surface area contributed by atoms with Crippen molar-refractivity contribution in [3.05, 3.63) is 59.1 Å². The Hall–Kier alpha value is -2.73. The number of amides is 1. The summed E-state index contributed by atoms with van der Waals surface area (Å²) in [7, 11) is 0. The maximum Gasteiger partial charge on any atom is 0.306 e. The lowest BCUT2D eigenvalue weighted by Crippen LogP contribution is -2.33. The summed E-state index contributed by atoms with van der Waals surface area (Å²) in [6.07, 6.45) is 1.59. The molecule has 3 aromatic rings. The molecule has 2 aromatic carbocycles. The number of anilines is 1. The fourth-order valence-electron chi connectivity index (χ4n) is 3.13. The van der Waals surface area contributed by atoms with Gasteiger partial charge in [0.2, 0.25) is 0 Å². The van der Waals surface area contributed by atoms with Crippen molar-refractivity contribution < 1.29 is 14.3 Å². The molecule has 0 spiro atoms. The second-order valence-electron chi connectivity index (χ2n) is 6.16. The summed E-state index contributed by atoms with van der Waals surface area (Å²) in [5.74, 6) is -0.548. The molecule has 4 rings (SSSR count). The van der Waals surface area contributed by atoms with E-state index >= 15 is 0 Å². The van der Waals surface area contributed by atoms with Crippen molar-refractivity contribution in [2.75, 3.05) is 18.1 Å². The highest BCUT2D eigenvalue weighted by Crippen LogP contribution is 2.27. The summed E-state index contributed by atoms with van der Waals surface area (Å²) < 4.78 is 6.28. The minimum atomic E-state index is -0.370. The van der Waals surface area contributed by atoms with Gasteiger partial charge in [-0.2, -0.15) is 0 Å². The Morgan fingerprint density at radius 1 is 1.12 bits per heavy atom. The highest BCUT2D eigenvalue weighted by atomic mass is 32.1. The Morgan fingerprint density at radius 2 is 1.92 bits per heavy atom. The second-order valence-corrected chi connectivity index (χ2v) is 7.28. The first kappa shape index (κ1) is 16.7. The minimum absolute atomic E-state index is 0.178. The van der Waals surface area contributed by atoms with Gasteiger partial charge in [0.1, 0.15) is 0 Å². The van der Waals surface area contributed by atoms with Crippen molar-refractivity contribution in [1.82, 2.24) is 4.98 Å². The number of aryl methyl sites for hydroxylation is 1. The highest BCUT2D eigenvalue weighted by Gasteiger charge is 2.24. The van der Waals surface area contributed by atoms with Gasteiger partial charge >= 0.3 is 5.97 Å². The Bertz CT molecular complexity index is 933. The predicted octanol–water partition coefficient (Wildman–Crippen LogP) is 3.36. The third-order valence-electron chi connectivity index (χ3n) is 4.43. The van der Waals surface area contributed by atoms with E-state index in [1.807, 2.05) is 48.5 Å². The van der Waals surface area contributed by atoms with Crippen LogP contribution in [0.3, 0.4) is 0 Å². The molecular formula is C20H18N2O3S. The molecule has 0 unspecified atom stereocenters. The van der Waals surface area contributed by atoms with E-state index in [0.29, 0.717) is 13.0 Å². The number of ether oxygens (including phenoxy) is 1. The fraction of sp³-hybridized carbons (Fsp3) is 0.250. The number of para-hydroxylation sites is 2. The number of hydrogen-bond donors (Lipinski definition) is 0. The molecule has 2 heterocycles. The first-order chi connectivity index (χ1) is 12.7. The maximum atomic E-state index is 12.3. The number of benzene rings is 2. The number of fused-ring (bicyclic) bond motifs is 2. The van der Waals surface area contributed by atoms with E-state index in [0.717, 1.165) is 32.9 Å². The zero-order chi connectivity index (χ0) is 17.9. The van der Waals surface area contributed by atoms with Crippen molar-refractivity contribution in [2.24, 2.45) is 0 Å². The average Bonchev–Trinajstić information content (AvgIpc) is 3.28. The summed E-state index contributed by atoms with van der Waals surface area (Å²) in [6, 6.07) is 15.7. The van der Waals surface area contributed by atoms with Crippen molar-refractivity contribution in [2.45, 2.75) is 19.3 Å². The van der Waals surface area contributed by atoms with Gasteiger partial charge < -0.3 is 9.64 Å². The number of aromatic nitrogens is 1. The summed E-state index contributed by atoms with van der Waals surface area (Å²) in [6.45, 7) is 0.425. The third kappa shape index (κ3) is 3.46. The van der Waals surface area contributed by atoms with E-state index in [9.17, 15) is 9.59 Å². The molecular weight excluding hydrogens is 348 g/mol. The summed E-state index contributed by atoms with van der Waals surface area (Å²) in [5.41, 5.74) is 3.02. The maximum absolute atomic E-state index is 12.3. The van der Waals surface area contributed by atoms with Crippen LogP contribution in [0.5, 0.6) is 0 Å². The molecule has 5 nitrogen and oxygen atoms in total.